The molecule has 6 heteroatoms. The van der Waals surface area contributed by atoms with E-state index < -0.39 is 5.60 Å². The van der Waals surface area contributed by atoms with Gasteiger partial charge in [0.25, 0.3) is 0 Å². The zero-order chi connectivity index (χ0) is 14.8. The van der Waals surface area contributed by atoms with Crippen LogP contribution in [-0.2, 0) is 4.74 Å². The van der Waals surface area contributed by atoms with Gasteiger partial charge in [0.2, 0.25) is 0 Å². The van der Waals surface area contributed by atoms with Gasteiger partial charge in [0.1, 0.15) is 5.60 Å². The van der Waals surface area contributed by atoms with Crippen molar-refractivity contribution in [3.8, 4) is 0 Å². The summed E-state index contributed by atoms with van der Waals surface area (Å²) < 4.78 is 5.39. The van der Waals surface area contributed by atoms with Crippen molar-refractivity contribution in [2.24, 2.45) is 0 Å². The van der Waals surface area contributed by atoms with Crippen molar-refractivity contribution in [1.29, 1.82) is 0 Å². The number of rotatable bonds is 2. The second-order valence-corrected chi connectivity index (χ2v) is 6.69. The smallest absolute Gasteiger partial charge is 0.410 e. The first-order valence-electron chi connectivity index (χ1n) is 6.73. The first-order valence-corrected chi connectivity index (χ1v) is 7.95. The number of hydrogen-bond acceptors (Lipinski definition) is 5. The van der Waals surface area contributed by atoms with Gasteiger partial charge < -0.3 is 9.64 Å². The van der Waals surface area contributed by atoms with E-state index in [0.717, 1.165) is 23.7 Å². The van der Waals surface area contributed by atoms with Crippen molar-refractivity contribution in [2.75, 3.05) is 19.3 Å². The quantitative estimate of drug-likeness (QED) is 0.620. The molecule has 1 unspecified atom stereocenters. The number of nitrogens with zero attached hydrogens (tertiary/aromatic N) is 3. The van der Waals surface area contributed by atoms with E-state index in [0.29, 0.717) is 12.5 Å². The Morgan fingerprint density at radius 3 is 2.60 bits per heavy atom. The first kappa shape index (κ1) is 15.1. The Morgan fingerprint density at radius 2 is 2.05 bits per heavy atom. The van der Waals surface area contributed by atoms with E-state index in [-0.39, 0.29) is 6.09 Å². The Morgan fingerprint density at radius 1 is 1.40 bits per heavy atom. The molecule has 0 saturated carbocycles. The maximum absolute atomic E-state index is 12.0. The lowest BCUT2D eigenvalue weighted by molar-refractivity contribution is 0.0292. The molecule has 1 aromatic heterocycles. The van der Waals surface area contributed by atoms with Crippen LogP contribution in [0.4, 0.5) is 4.79 Å². The minimum atomic E-state index is -0.446. The van der Waals surface area contributed by atoms with Gasteiger partial charge in [-0.15, -0.1) is 0 Å². The van der Waals surface area contributed by atoms with Crippen LogP contribution >= 0.6 is 11.8 Å². The number of ether oxygens (including phenoxy) is 1. The van der Waals surface area contributed by atoms with Gasteiger partial charge in [0.05, 0.1) is 0 Å². The number of thioether (sulfide) groups is 1. The summed E-state index contributed by atoms with van der Waals surface area (Å²) in [6.07, 6.45) is 6.38. The summed E-state index contributed by atoms with van der Waals surface area (Å²) in [6, 6.07) is 0. The Bertz CT molecular complexity index is 470. The normalized spacial score (nSPS) is 19.2. The Kier molecular flexibility index (Phi) is 4.52. The van der Waals surface area contributed by atoms with Crippen molar-refractivity contribution < 1.29 is 9.53 Å². The molecular weight excluding hydrogens is 274 g/mol. The third-order valence-corrected chi connectivity index (χ3v) is 3.72. The molecule has 110 valence electrons. The van der Waals surface area contributed by atoms with E-state index in [4.69, 9.17) is 4.74 Å². The van der Waals surface area contributed by atoms with Crippen LogP contribution in [0.25, 0.3) is 0 Å². The zero-order valence-corrected chi connectivity index (χ0v) is 13.2. The van der Waals surface area contributed by atoms with Crippen molar-refractivity contribution >= 4 is 17.9 Å². The minimum absolute atomic E-state index is 0.235. The summed E-state index contributed by atoms with van der Waals surface area (Å²) in [5, 5.41) is 0.774. The number of amides is 1. The van der Waals surface area contributed by atoms with Crippen molar-refractivity contribution in [3.63, 3.8) is 0 Å². The van der Waals surface area contributed by atoms with E-state index in [1.54, 1.807) is 4.90 Å². The highest BCUT2D eigenvalue weighted by Gasteiger charge is 2.30. The SMILES string of the molecule is CSc1ncc(C2CCN(C(=O)OC(C)(C)C)C2)cn1. The van der Waals surface area contributed by atoms with Gasteiger partial charge in [0.15, 0.2) is 5.16 Å². The molecule has 1 atom stereocenters. The molecule has 0 N–H and O–H groups in total. The van der Waals surface area contributed by atoms with Crippen molar-refractivity contribution in [3.05, 3.63) is 18.0 Å². The van der Waals surface area contributed by atoms with Crippen molar-refractivity contribution in [2.45, 2.75) is 43.9 Å². The van der Waals surface area contributed by atoms with Gasteiger partial charge in [0, 0.05) is 31.4 Å². The van der Waals surface area contributed by atoms with Crippen LogP contribution in [0.2, 0.25) is 0 Å². The molecule has 5 nitrogen and oxygen atoms in total. The lowest BCUT2D eigenvalue weighted by atomic mass is 10.0. The molecule has 0 radical (unpaired) electrons. The van der Waals surface area contributed by atoms with E-state index in [1.165, 1.54) is 11.8 Å². The first-order chi connectivity index (χ1) is 9.39. The van der Waals surface area contributed by atoms with Crippen LogP contribution in [0.1, 0.15) is 38.7 Å². The van der Waals surface area contributed by atoms with Crippen LogP contribution in [0, 0.1) is 0 Å². The highest BCUT2D eigenvalue weighted by atomic mass is 32.2. The molecule has 1 fully saturated rings. The molecule has 2 rings (SSSR count). The highest BCUT2D eigenvalue weighted by Crippen LogP contribution is 2.27. The van der Waals surface area contributed by atoms with Crippen LogP contribution in [0.3, 0.4) is 0 Å². The van der Waals surface area contributed by atoms with Gasteiger partial charge in [-0.1, -0.05) is 11.8 Å². The third kappa shape index (κ3) is 3.85. The summed E-state index contributed by atoms with van der Waals surface area (Å²) in [7, 11) is 0. The van der Waals surface area contributed by atoms with Gasteiger partial charge in [-0.2, -0.15) is 0 Å². The van der Waals surface area contributed by atoms with Gasteiger partial charge in [-0.05, 0) is 39.0 Å². The van der Waals surface area contributed by atoms with Crippen LogP contribution in [0.5, 0.6) is 0 Å². The Labute approximate surface area is 124 Å². The lowest BCUT2D eigenvalue weighted by Crippen LogP contribution is -2.35. The maximum atomic E-state index is 12.0. The van der Waals surface area contributed by atoms with E-state index in [9.17, 15) is 4.79 Å². The summed E-state index contributed by atoms with van der Waals surface area (Å²) in [4.78, 5) is 22.3. The number of likely N-dealkylation sites (tertiary alicyclic amines) is 1. The minimum Gasteiger partial charge on any atom is -0.444 e. The summed E-state index contributed by atoms with van der Waals surface area (Å²) in [5.74, 6) is 0.304. The number of carbonyl (C=O) groups excluding carboxylic acids is 1. The summed E-state index contributed by atoms with van der Waals surface area (Å²) in [6.45, 7) is 7.05. The van der Waals surface area contributed by atoms with Gasteiger partial charge >= 0.3 is 6.09 Å². The molecule has 1 aliphatic heterocycles. The maximum Gasteiger partial charge on any atom is 0.410 e. The van der Waals surface area contributed by atoms with Crippen LogP contribution < -0.4 is 0 Å². The predicted molar refractivity (Wildman–Crippen MR) is 79.0 cm³/mol. The van der Waals surface area contributed by atoms with E-state index in [1.807, 2.05) is 39.4 Å². The fraction of sp³-hybridized carbons (Fsp3) is 0.643. The molecule has 0 aliphatic carbocycles. The van der Waals surface area contributed by atoms with Gasteiger partial charge in [-0.25, -0.2) is 14.8 Å². The van der Waals surface area contributed by atoms with E-state index >= 15 is 0 Å². The molecule has 1 aromatic rings. The topological polar surface area (TPSA) is 55.3 Å². The molecule has 1 amide bonds. The van der Waals surface area contributed by atoms with Gasteiger partial charge in [-0.3, -0.25) is 0 Å². The Balaban J connectivity index is 1.96. The largest absolute Gasteiger partial charge is 0.444 e. The Hall–Kier alpha value is -1.30. The van der Waals surface area contributed by atoms with E-state index in [2.05, 4.69) is 9.97 Å². The fourth-order valence-electron chi connectivity index (χ4n) is 2.17. The van der Waals surface area contributed by atoms with Crippen LogP contribution in [-0.4, -0.2) is 45.9 Å². The molecule has 20 heavy (non-hydrogen) atoms. The average molecular weight is 295 g/mol. The number of hydrogen-bond donors (Lipinski definition) is 0. The highest BCUT2D eigenvalue weighted by molar-refractivity contribution is 7.98. The zero-order valence-electron chi connectivity index (χ0n) is 12.4. The molecule has 0 aromatic carbocycles. The third-order valence-electron chi connectivity index (χ3n) is 3.14. The second kappa shape index (κ2) is 5.99. The van der Waals surface area contributed by atoms with Crippen molar-refractivity contribution in [1.82, 2.24) is 14.9 Å². The fourth-order valence-corrected chi connectivity index (χ4v) is 2.48. The molecule has 1 aliphatic rings. The van der Waals surface area contributed by atoms with Crippen LogP contribution in [0.15, 0.2) is 17.6 Å². The molecule has 1 saturated heterocycles. The summed E-state index contributed by atoms with van der Waals surface area (Å²) in [5.41, 5.74) is 0.645. The molecular formula is C14H21N3O2S. The monoisotopic (exact) mass is 295 g/mol. The molecule has 0 spiro atoms. The second-order valence-electron chi connectivity index (χ2n) is 5.92. The average Bonchev–Trinajstić information content (AvgIpc) is 2.86. The summed E-state index contributed by atoms with van der Waals surface area (Å²) >= 11 is 1.53. The number of aromatic nitrogens is 2. The lowest BCUT2D eigenvalue weighted by Gasteiger charge is -2.24. The number of carbonyl (C=O) groups is 1. The standard InChI is InChI=1S/C14H21N3O2S/c1-14(2,3)19-13(18)17-6-5-10(9-17)11-7-15-12(20-4)16-8-11/h7-8,10H,5-6,9H2,1-4H3. The molecule has 2 heterocycles. The molecule has 0 bridgehead atoms. The predicted octanol–water partition coefficient (Wildman–Crippen LogP) is 2.92.